The SMILES string of the molecule is CN(C(=O)C1(C(N)=NO)CCCCC1)C1CCCC1. The van der Waals surface area contributed by atoms with E-state index in [0.29, 0.717) is 18.9 Å². The molecule has 2 fully saturated rings. The Balaban J connectivity index is 2.19. The van der Waals surface area contributed by atoms with E-state index in [2.05, 4.69) is 5.16 Å². The molecule has 0 aromatic heterocycles. The van der Waals surface area contributed by atoms with Gasteiger partial charge in [-0.2, -0.15) is 0 Å². The molecule has 0 unspecified atom stereocenters. The van der Waals surface area contributed by atoms with Gasteiger partial charge in [-0.3, -0.25) is 4.79 Å². The van der Waals surface area contributed by atoms with E-state index in [0.717, 1.165) is 32.1 Å². The molecule has 0 radical (unpaired) electrons. The van der Waals surface area contributed by atoms with Crippen LogP contribution in [0, 0.1) is 5.41 Å². The number of nitrogens with zero attached hydrogens (tertiary/aromatic N) is 2. The third kappa shape index (κ3) is 2.55. The minimum absolute atomic E-state index is 0.0504. The second kappa shape index (κ2) is 5.80. The molecule has 0 aromatic rings. The summed E-state index contributed by atoms with van der Waals surface area (Å²) in [6.07, 6.45) is 9.03. The number of hydrogen-bond donors (Lipinski definition) is 2. The summed E-state index contributed by atoms with van der Waals surface area (Å²) in [6, 6.07) is 0.331. The fourth-order valence-corrected chi connectivity index (χ4v) is 3.63. The molecule has 5 heteroatoms. The molecule has 0 aliphatic heterocycles. The highest BCUT2D eigenvalue weighted by Crippen LogP contribution is 2.39. The lowest BCUT2D eigenvalue weighted by atomic mass is 9.72. The summed E-state index contributed by atoms with van der Waals surface area (Å²) in [5, 5.41) is 12.2. The maximum Gasteiger partial charge on any atom is 0.236 e. The molecular formula is C14H25N3O2. The average molecular weight is 267 g/mol. The molecule has 1 amide bonds. The molecule has 19 heavy (non-hydrogen) atoms. The van der Waals surface area contributed by atoms with E-state index >= 15 is 0 Å². The topological polar surface area (TPSA) is 78.9 Å². The molecule has 3 N–H and O–H groups in total. The molecular weight excluding hydrogens is 242 g/mol. The van der Waals surface area contributed by atoms with Gasteiger partial charge in [-0.1, -0.05) is 37.3 Å². The number of rotatable bonds is 3. The summed E-state index contributed by atoms with van der Waals surface area (Å²) in [5.41, 5.74) is 5.11. The fourth-order valence-electron chi connectivity index (χ4n) is 3.63. The number of carbonyl (C=O) groups excluding carboxylic acids is 1. The average Bonchev–Trinajstić information content (AvgIpc) is 2.99. The monoisotopic (exact) mass is 267 g/mol. The van der Waals surface area contributed by atoms with Crippen molar-refractivity contribution in [3.8, 4) is 0 Å². The zero-order chi connectivity index (χ0) is 13.9. The van der Waals surface area contributed by atoms with Crippen LogP contribution in [0.2, 0.25) is 0 Å². The Bertz CT molecular complexity index is 356. The minimum atomic E-state index is -0.760. The van der Waals surface area contributed by atoms with Crippen molar-refractivity contribution in [3.05, 3.63) is 0 Å². The number of carbonyl (C=O) groups is 1. The first-order valence-electron chi connectivity index (χ1n) is 7.37. The quantitative estimate of drug-likeness (QED) is 0.355. The predicted octanol–water partition coefficient (Wildman–Crippen LogP) is 2.08. The summed E-state index contributed by atoms with van der Waals surface area (Å²) in [6.45, 7) is 0. The van der Waals surface area contributed by atoms with Crippen LogP contribution in [-0.2, 0) is 4.79 Å². The number of amides is 1. The molecule has 2 rings (SSSR count). The third-order valence-electron chi connectivity index (χ3n) is 4.91. The summed E-state index contributed by atoms with van der Waals surface area (Å²) >= 11 is 0. The maximum atomic E-state index is 12.9. The van der Waals surface area contributed by atoms with Crippen molar-refractivity contribution in [1.29, 1.82) is 0 Å². The lowest BCUT2D eigenvalue weighted by Crippen LogP contribution is -2.53. The first-order valence-corrected chi connectivity index (χ1v) is 7.37. The van der Waals surface area contributed by atoms with E-state index in [1.807, 2.05) is 11.9 Å². The van der Waals surface area contributed by atoms with Crippen molar-refractivity contribution in [2.24, 2.45) is 16.3 Å². The van der Waals surface area contributed by atoms with Gasteiger partial charge in [0, 0.05) is 13.1 Å². The Morgan fingerprint density at radius 1 is 1.21 bits per heavy atom. The number of hydrogen-bond acceptors (Lipinski definition) is 3. The van der Waals surface area contributed by atoms with Gasteiger partial charge in [0.25, 0.3) is 0 Å². The molecule has 0 heterocycles. The van der Waals surface area contributed by atoms with Gasteiger partial charge < -0.3 is 15.8 Å². The van der Waals surface area contributed by atoms with E-state index in [1.54, 1.807) is 0 Å². The molecule has 0 bridgehead atoms. The molecule has 2 saturated carbocycles. The van der Waals surface area contributed by atoms with Crippen LogP contribution in [-0.4, -0.2) is 34.9 Å². The molecule has 0 atom stereocenters. The number of oxime groups is 1. The number of amidine groups is 1. The lowest BCUT2D eigenvalue weighted by Gasteiger charge is -2.39. The summed E-state index contributed by atoms with van der Waals surface area (Å²) in [4.78, 5) is 14.7. The van der Waals surface area contributed by atoms with Gasteiger partial charge in [0.2, 0.25) is 5.91 Å². The van der Waals surface area contributed by atoms with Crippen LogP contribution in [0.5, 0.6) is 0 Å². The van der Waals surface area contributed by atoms with E-state index in [4.69, 9.17) is 10.9 Å². The van der Waals surface area contributed by atoms with Crippen LogP contribution < -0.4 is 5.73 Å². The zero-order valence-corrected chi connectivity index (χ0v) is 11.8. The van der Waals surface area contributed by atoms with Gasteiger partial charge in [0.1, 0.15) is 5.41 Å². The normalized spacial score (nSPS) is 24.4. The first-order chi connectivity index (χ1) is 9.12. The zero-order valence-electron chi connectivity index (χ0n) is 11.8. The van der Waals surface area contributed by atoms with Gasteiger partial charge in [-0.15, -0.1) is 0 Å². The van der Waals surface area contributed by atoms with E-state index in [9.17, 15) is 4.79 Å². The first kappa shape index (κ1) is 14.2. The molecule has 0 saturated heterocycles. The Hall–Kier alpha value is -1.26. The van der Waals surface area contributed by atoms with Crippen LogP contribution in [0.25, 0.3) is 0 Å². The van der Waals surface area contributed by atoms with Crippen LogP contribution in [0.15, 0.2) is 5.16 Å². The van der Waals surface area contributed by atoms with Gasteiger partial charge in [-0.05, 0) is 25.7 Å². The van der Waals surface area contributed by atoms with Crippen molar-refractivity contribution in [2.75, 3.05) is 7.05 Å². The van der Waals surface area contributed by atoms with E-state index in [1.165, 1.54) is 12.8 Å². The summed E-state index contributed by atoms with van der Waals surface area (Å²) in [7, 11) is 1.87. The molecule has 108 valence electrons. The summed E-state index contributed by atoms with van der Waals surface area (Å²) < 4.78 is 0. The van der Waals surface area contributed by atoms with Crippen molar-refractivity contribution in [1.82, 2.24) is 4.90 Å². The van der Waals surface area contributed by atoms with Crippen molar-refractivity contribution in [3.63, 3.8) is 0 Å². The highest BCUT2D eigenvalue weighted by atomic mass is 16.4. The fraction of sp³-hybridized carbons (Fsp3) is 0.857. The van der Waals surface area contributed by atoms with E-state index < -0.39 is 5.41 Å². The Kier molecular flexibility index (Phi) is 4.32. The standard InChI is InChI=1S/C14H25N3O2/c1-17(11-7-3-4-8-11)13(18)14(12(15)16-19)9-5-2-6-10-14/h11,19H,2-10H2,1H3,(H2,15,16). The van der Waals surface area contributed by atoms with Gasteiger partial charge in [0.15, 0.2) is 5.84 Å². The number of nitrogens with two attached hydrogens (primary N) is 1. The van der Waals surface area contributed by atoms with E-state index in [-0.39, 0.29) is 11.7 Å². The summed E-state index contributed by atoms with van der Waals surface area (Å²) in [5.74, 6) is 0.149. The molecule has 5 nitrogen and oxygen atoms in total. The van der Waals surface area contributed by atoms with Crippen molar-refractivity contribution in [2.45, 2.75) is 63.8 Å². The maximum absolute atomic E-state index is 12.9. The minimum Gasteiger partial charge on any atom is -0.409 e. The van der Waals surface area contributed by atoms with Crippen LogP contribution in [0.4, 0.5) is 0 Å². The molecule has 2 aliphatic rings. The van der Waals surface area contributed by atoms with Gasteiger partial charge >= 0.3 is 0 Å². The van der Waals surface area contributed by atoms with Gasteiger partial charge in [-0.25, -0.2) is 0 Å². The van der Waals surface area contributed by atoms with Crippen molar-refractivity contribution >= 4 is 11.7 Å². The molecule has 2 aliphatic carbocycles. The molecule has 0 aromatic carbocycles. The van der Waals surface area contributed by atoms with Crippen LogP contribution >= 0.6 is 0 Å². The van der Waals surface area contributed by atoms with Crippen molar-refractivity contribution < 1.29 is 10.0 Å². The Morgan fingerprint density at radius 2 is 1.79 bits per heavy atom. The predicted molar refractivity (Wildman–Crippen MR) is 74.0 cm³/mol. The third-order valence-corrected chi connectivity index (χ3v) is 4.91. The Morgan fingerprint density at radius 3 is 2.32 bits per heavy atom. The smallest absolute Gasteiger partial charge is 0.236 e. The largest absolute Gasteiger partial charge is 0.409 e. The highest BCUT2D eigenvalue weighted by Gasteiger charge is 2.46. The Labute approximate surface area is 114 Å². The molecule has 0 spiro atoms. The lowest BCUT2D eigenvalue weighted by molar-refractivity contribution is -0.140. The highest BCUT2D eigenvalue weighted by molar-refractivity contribution is 6.06. The van der Waals surface area contributed by atoms with Gasteiger partial charge in [0.05, 0.1) is 0 Å². The second-order valence-corrected chi connectivity index (χ2v) is 5.98. The second-order valence-electron chi connectivity index (χ2n) is 5.98. The van der Waals surface area contributed by atoms with Crippen LogP contribution in [0.3, 0.4) is 0 Å². The van der Waals surface area contributed by atoms with Crippen LogP contribution in [0.1, 0.15) is 57.8 Å².